The smallest absolute Gasteiger partial charge is 0.288 e. The van der Waals surface area contributed by atoms with Gasteiger partial charge in [0, 0.05) is 18.7 Å². The maximum Gasteiger partial charge on any atom is 0.433 e. The fourth-order valence-corrected chi connectivity index (χ4v) is 3.62. The minimum atomic E-state index is -4.60. The second-order valence-corrected chi connectivity index (χ2v) is 7.88. The predicted molar refractivity (Wildman–Crippen MR) is 101 cm³/mol. The molecule has 1 aromatic carbocycles. The molecular weight excluding hydrogens is 389 g/mol. The maximum atomic E-state index is 13.3. The molecule has 0 saturated carbocycles. The Hall–Kier alpha value is -2.13. The van der Waals surface area contributed by atoms with Crippen LogP contribution in [0, 0.1) is 0 Å². The number of hydrogen-bond acceptors (Lipinski definition) is 5. The van der Waals surface area contributed by atoms with E-state index >= 15 is 0 Å². The van der Waals surface area contributed by atoms with Crippen LogP contribution in [0.4, 0.5) is 13.2 Å². The van der Waals surface area contributed by atoms with Gasteiger partial charge in [-0.3, -0.25) is 10.2 Å². The Kier molecular flexibility index (Phi) is 6.56. The lowest BCUT2D eigenvalue weighted by Crippen LogP contribution is -2.47. The zero-order chi connectivity index (χ0) is 20.1. The number of benzene rings is 1. The summed E-state index contributed by atoms with van der Waals surface area (Å²) in [5.41, 5.74) is 2.54. The molecular formula is C19H21F3N4OS. The SMILES string of the molecule is CC(Sc1nc(-c2ccccc2)cc(C(F)(F)F)n1)C(=O)NN1CCCCC1. The molecule has 0 radical (unpaired) electrons. The highest BCUT2D eigenvalue weighted by atomic mass is 32.2. The summed E-state index contributed by atoms with van der Waals surface area (Å²) in [4.78, 5) is 20.3. The third-order valence-corrected chi connectivity index (χ3v) is 5.30. The van der Waals surface area contributed by atoms with E-state index in [1.807, 2.05) is 5.01 Å². The highest BCUT2D eigenvalue weighted by Gasteiger charge is 2.34. The Bertz CT molecular complexity index is 811. The molecule has 1 aliphatic rings. The highest BCUT2D eigenvalue weighted by Crippen LogP contribution is 2.32. The van der Waals surface area contributed by atoms with Crippen LogP contribution in [0.5, 0.6) is 0 Å². The van der Waals surface area contributed by atoms with Crippen LogP contribution in [0.25, 0.3) is 11.3 Å². The number of piperidine rings is 1. The number of carbonyl (C=O) groups is 1. The molecule has 1 aliphatic heterocycles. The standard InChI is InChI=1S/C19H21F3N4OS/c1-13(17(27)25-26-10-6-3-7-11-26)28-18-23-15(14-8-4-2-5-9-14)12-16(24-18)19(20,21)22/h2,4-5,8-9,12-13H,3,6-7,10-11H2,1H3,(H,25,27). The Balaban J connectivity index is 1.79. The number of aromatic nitrogens is 2. The average Bonchev–Trinajstić information content (AvgIpc) is 2.68. The molecule has 3 rings (SSSR count). The topological polar surface area (TPSA) is 58.1 Å². The second kappa shape index (κ2) is 8.91. The van der Waals surface area contributed by atoms with Crippen molar-refractivity contribution in [2.24, 2.45) is 0 Å². The molecule has 5 nitrogen and oxygen atoms in total. The summed E-state index contributed by atoms with van der Waals surface area (Å²) in [5, 5.41) is 1.15. The first kappa shape index (κ1) is 20.6. The van der Waals surface area contributed by atoms with Crippen molar-refractivity contribution in [2.45, 2.75) is 42.8 Å². The van der Waals surface area contributed by atoms with Gasteiger partial charge in [-0.15, -0.1) is 0 Å². The van der Waals surface area contributed by atoms with E-state index < -0.39 is 17.1 Å². The number of nitrogens with one attached hydrogen (secondary N) is 1. The number of hydrazine groups is 1. The van der Waals surface area contributed by atoms with E-state index in [2.05, 4.69) is 15.4 Å². The lowest BCUT2D eigenvalue weighted by atomic mass is 10.1. The zero-order valence-corrected chi connectivity index (χ0v) is 16.2. The molecule has 1 unspecified atom stereocenters. The molecule has 0 aliphatic carbocycles. The summed E-state index contributed by atoms with van der Waals surface area (Å²) in [6.07, 6.45) is -1.43. The van der Waals surface area contributed by atoms with Crippen LogP contribution in [0.1, 0.15) is 31.9 Å². The van der Waals surface area contributed by atoms with Gasteiger partial charge in [-0.25, -0.2) is 15.0 Å². The first-order valence-electron chi connectivity index (χ1n) is 9.07. The number of rotatable bonds is 5. The molecule has 1 saturated heterocycles. The van der Waals surface area contributed by atoms with E-state index in [0.29, 0.717) is 5.56 Å². The van der Waals surface area contributed by atoms with Gasteiger partial charge < -0.3 is 0 Å². The molecule has 9 heteroatoms. The molecule has 2 heterocycles. The normalized spacial score (nSPS) is 16.6. The monoisotopic (exact) mass is 410 g/mol. The van der Waals surface area contributed by atoms with Crippen molar-refractivity contribution >= 4 is 17.7 Å². The first-order valence-corrected chi connectivity index (χ1v) is 9.95. The van der Waals surface area contributed by atoms with Gasteiger partial charge >= 0.3 is 6.18 Å². The molecule has 1 atom stereocenters. The van der Waals surface area contributed by atoms with Crippen molar-refractivity contribution in [2.75, 3.05) is 13.1 Å². The molecule has 1 amide bonds. The second-order valence-electron chi connectivity index (χ2n) is 6.57. The van der Waals surface area contributed by atoms with Crippen LogP contribution in [-0.2, 0) is 11.0 Å². The van der Waals surface area contributed by atoms with E-state index in [1.165, 1.54) is 0 Å². The summed E-state index contributed by atoms with van der Waals surface area (Å²) < 4.78 is 39.8. The number of amides is 1. The summed E-state index contributed by atoms with van der Waals surface area (Å²) >= 11 is 0.918. The number of carbonyl (C=O) groups excluding carboxylic acids is 1. The minimum Gasteiger partial charge on any atom is -0.288 e. The largest absolute Gasteiger partial charge is 0.433 e. The van der Waals surface area contributed by atoms with Crippen molar-refractivity contribution in [1.82, 2.24) is 20.4 Å². The Morgan fingerprint density at radius 3 is 2.46 bits per heavy atom. The molecule has 28 heavy (non-hydrogen) atoms. The quantitative estimate of drug-likeness (QED) is 0.593. The van der Waals surface area contributed by atoms with Crippen LogP contribution >= 0.6 is 11.8 Å². The Morgan fingerprint density at radius 2 is 1.82 bits per heavy atom. The fraction of sp³-hybridized carbons (Fsp3) is 0.421. The first-order chi connectivity index (χ1) is 13.3. The van der Waals surface area contributed by atoms with Crippen molar-refractivity contribution in [3.8, 4) is 11.3 Å². The van der Waals surface area contributed by atoms with Gasteiger partial charge in [0.15, 0.2) is 5.16 Å². The number of thioether (sulfide) groups is 1. The van der Waals surface area contributed by atoms with E-state index in [4.69, 9.17) is 0 Å². The van der Waals surface area contributed by atoms with Gasteiger partial charge in [-0.1, -0.05) is 48.5 Å². The van der Waals surface area contributed by atoms with Crippen molar-refractivity contribution in [3.05, 3.63) is 42.1 Å². The number of nitrogens with zero attached hydrogens (tertiary/aromatic N) is 3. The zero-order valence-electron chi connectivity index (χ0n) is 15.4. The van der Waals surface area contributed by atoms with Gasteiger partial charge in [0.2, 0.25) is 5.91 Å². The van der Waals surface area contributed by atoms with Crippen molar-refractivity contribution in [1.29, 1.82) is 0 Å². The maximum absolute atomic E-state index is 13.3. The molecule has 1 fully saturated rings. The Labute approximate surface area is 165 Å². The number of hydrogen-bond donors (Lipinski definition) is 1. The molecule has 1 aromatic heterocycles. The summed E-state index contributed by atoms with van der Waals surface area (Å²) in [7, 11) is 0. The van der Waals surface area contributed by atoms with Gasteiger partial charge in [-0.2, -0.15) is 13.2 Å². The van der Waals surface area contributed by atoms with Gasteiger partial charge in [0.25, 0.3) is 0 Å². The summed E-state index contributed by atoms with van der Waals surface area (Å²) in [6.45, 7) is 3.19. The summed E-state index contributed by atoms with van der Waals surface area (Å²) in [5.74, 6) is -0.269. The lowest BCUT2D eigenvalue weighted by molar-refractivity contribution is -0.141. The summed E-state index contributed by atoms with van der Waals surface area (Å²) in [6, 6.07) is 9.53. The van der Waals surface area contributed by atoms with Crippen LogP contribution in [0.15, 0.2) is 41.6 Å². The molecule has 1 N–H and O–H groups in total. The van der Waals surface area contributed by atoms with E-state index in [1.54, 1.807) is 37.3 Å². The fourth-order valence-electron chi connectivity index (χ4n) is 2.84. The van der Waals surface area contributed by atoms with Crippen molar-refractivity contribution < 1.29 is 18.0 Å². The highest BCUT2D eigenvalue weighted by molar-refractivity contribution is 8.00. The number of alkyl halides is 3. The lowest BCUT2D eigenvalue weighted by Gasteiger charge is -2.27. The predicted octanol–water partition coefficient (Wildman–Crippen LogP) is 4.16. The van der Waals surface area contributed by atoms with Crippen LogP contribution in [0.2, 0.25) is 0 Å². The molecule has 2 aromatic rings. The average molecular weight is 410 g/mol. The Morgan fingerprint density at radius 1 is 1.14 bits per heavy atom. The van der Waals surface area contributed by atoms with Crippen LogP contribution in [-0.4, -0.2) is 39.2 Å². The van der Waals surface area contributed by atoms with Crippen LogP contribution < -0.4 is 5.43 Å². The van der Waals surface area contributed by atoms with E-state index in [0.717, 1.165) is 50.2 Å². The third-order valence-electron chi connectivity index (χ3n) is 4.34. The third kappa shape index (κ3) is 5.45. The van der Waals surface area contributed by atoms with E-state index in [-0.39, 0.29) is 16.8 Å². The van der Waals surface area contributed by atoms with Crippen LogP contribution in [0.3, 0.4) is 0 Å². The molecule has 0 spiro atoms. The van der Waals surface area contributed by atoms with Crippen molar-refractivity contribution in [3.63, 3.8) is 0 Å². The molecule has 0 bridgehead atoms. The van der Waals surface area contributed by atoms with Gasteiger partial charge in [0.1, 0.15) is 5.69 Å². The van der Waals surface area contributed by atoms with Gasteiger partial charge in [-0.05, 0) is 25.8 Å². The van der Waals surface area contributed by atoms with Gasteiger partial charge in [0.05, 0.1) is 10.9 Å². The minimum absolute atomic E-state index is 0.0741. The van der Waals surface area contributed by atoms with E-state index in [9.17, 15) is 18.0 Å². The molecule has 150 valence electrons. The number of halogens is 3.